The van der Waals surface area contributed by atoms with Crippen LogP contribution in [0.15, 0.2) is 30.3 Å². The molecule has 5 nitrogen and oxygen atoms in total. The van der Waals surface area contributed by atoms with E-state index in [0.717, 1.165) is 5.56 Å². The lowest BCUT2D eigenvalue weighted by molar-refractivity contribution is -0.126. The van der Waals surface area contributed by atoms with Crippen LogP contribution in [0, 0.1) is 0 Å². The molecule has 5 heteroatoms. The van der Waals surface area contributed by atoms with Crippen molar-refractivity contribution in [2.75, 3.05) is 26.4 Å². The van der Waals surface area contributed by atoms with Gasteiger partial charge in [0.1, 0.15) is 0 Å². The molecule has 0 unspecified atom stereocenters. The molecule has 0 saturated carbocycles. The summed E-state index contributed by atoms with van der Waals surface area (Å²) in [7, 11) is 3.24. The summed E-state index contributed by atoms with van der Waals surface area (Å²) < 4.78 is 0. The maximum Gasteiger partial charge on any atom is 0.246 e. The van der Waals surface area contributed by atoms with Crippen LogP contribution in [0.4, 0.5) is 5.69 Å². The molecule has 1 aromatic carbocycles. The van der Waals surface area contributed by atoms with Crippen LogP contribution in [0.25, 0.3) is 6.08 Å². The second-order valence-corrected chi connectivity index (χ2v) is 4.18. The number of rotatable bonds is 5. The normalized spacial score (nSPS) is 10.4. The van der Waals surface area contributed by atoms with Gasteiger partial charge in [-0.25, -0.2) is 0 Å². The first kappa shape index (κ1) is 14.8. The number of amides is 2. The van der Waals surface area contributed by atoms with Crippen molar-refractivity contribution >= 4 is 23.6 Å². The smallest absolute Gasteiger partial charge is 0.246 e. The number of nitrogen functional groups attached to an aromatic ring is 1. The Morgan fingerprint density at radius 2 is 1.95 bits per heavy atom. The standard InChI is InChI=1S/C14H19N3O2/c1-16-13(18)9-10-17(2)14(19)8-5-11-3-6-12(15)7-4-11/h3-8H,9-10,15H2,1-2H3,(H,16,18)/b8-5+. The number of carbonyl (C=O) groups excluding carboxylic acids is 2. The highest BCUT2D eigenvalue weighted by molar-refractivity contribution is 5.91. The molecule has 0 saturated heterocycles. The molecule has 1 rings (SSSR count). The summed E-state index contributed by atoms with van der Waals surface area (Å²) in [4.78, 5) is 24.3. The van der Waals surface area contributed by atoms with Gasteiger partial charge in [0, 0.05) is 38.8 Å². The Kier molecular flexibility index (Phi) is 5.60. The van der Waals surface area contributed by atoms with Crippen molar-refractivity contribution in [2.45, 2.75) is 6.42 Å². The summed E-state index contributed by atoms with van der Waals surface area (Å²) in [5.41, 5.74) is 7.17. The monoisotopic (exact) mass is 261 g/mol. The lowest BCUT2D eigenvalue weighted by Gasteiger charge is -2.14. The van der Waals surface area contributed by atoms with Crippen LogP contribution in [-0.2, 0) is 9.59 Å². The number of carbonyl (C=O) groups is 2. The summed E-state index contributed by atoms with van der Waals surface area (Å²) in [6, 6.07) is 7.23. The first-order valence-electron chi connectivity index (χ1n) is 6.02. The van der Waals surface area contributed by atoms with Crippen LogP contribution >= 0.6 is 0 Å². The first-order valence-corrected chi connectivity index (χ1v) is 6.02. The van der Waals surface area contributed by atoms with Gasteiger partial charge in [0.05, 0.1) is 0 Å². The molecule has 0 heterocycles. The Bertz CT molecular complexity index is 466. The van der Waals surface area contributed by atoms with Crippen molar-refractivity contribution in [1.82, 2.24) is 10.2 Å². The molecular weight excluding hydrogens is 242 g/mol. The van der Waals surface area contributed by atoms with E-state index in [2.05, 4.69) is 5.32 Å². The molecule has 0 fully saturated rings. The van der Waals surface area contributed by atoms with E-state index < -0.39 is 0 Å². The highest BCUT2D eigenvalue weighted by Crippen LogP contribution is 2.07. The highest BCUT2D eigenvalue weighted by atomic mass is 16.2. The van der Waals surface area contributed by atoms with Crippen LogP contribution < -0.4 is 11.1 Å². The topological polar surface area (TPSA) is 75.4 Å². The third-order valence-electron chi connectivity index (χ3n) is 2.68. The molecule has 19 heavy (non-hydrogen) atoms. The summed E-state index contributed by atoms with van der Waals surface area (Å²) in [5, 5.41) is 2.52. The second-order valence-electron chi connectivity index (χ2n) is 4.18. The van der Waals surface area contributed by atoms with Crippen molar-refractivity contribution in [3.63, 3.8) is 0 Å². The maximum atomic E-state index is 11.8. The number of hydrogen-bond acceptors (Lipinski definition) is 3. The third kappa shape index (κ3) is 5.25. The maximum absolute atomic E-state index is 11.8. The first-order chi connectivity index (χ1) is 9.02. The molecule has 0 aliphatic rings. The lowest BCUT2D eigenvalue weighted by Crippen LogP contribution is -2.30. The molecule has 0 aliphatic heterocycles. The highest BCUT2D eigenvalue weighted by Gasteiger charge is 2.06. The number of nitrogens with one attached hydrogen (secondary N) is 1. The Labute approximate surface area is 113 Å². The Hall–Kier alpha value is -2.30. The fourth-order valence-electron chi connectivity index (χ4n) is 1.41. The van der Waals surface area contributed by atoms with Gasteiger partial charge < -0.3 is 16.0 Å². The molecule has 1 aromatic rings. The van der Waals surface area contributed by atoms with E-state index in [4.69, 9.17) is 5.73 Å². The van der Waals surface area contributed by atoms with E-state index >= 15 is 0 Å². The molecular formula is C14H19N3O2. The molecule has 0 bridgehead atoms. The Morgan fingerprint density at radius 1 is 1.32 bits per heavy atom. The van der Waals surface area contributed by atoms with Gasteiger partial charge in [-0.3, -0.25) is 9.59 Å². The second kappa shape index (κ2) is 7.20. The van der Waals surface area contributed by atoms with Crippen molar-refractivity contribution in [3.05, 3.63) is 35.9 Å². The van der Waals surface area contributed by atoms with Crippen molar-refractivity contribution < 1.29 is 9.59 Å². The van der Waals surface area contributed by atoms with Gasteiger partial charge in [-0.05, 0) is 23.8 Å². The minimum absolute atomic E-state index is 0.0813. The zero-order valence-electron chi connectivity index (χ0n) is 11.2. The molecule has 0 spiro atoms. The van der Waals surface area contributed by atoms with E-state index in [9.17, 15) is 9.59 Å². The number of likely N-dealkylation sites (N-methyl/N-ethyl adjacent to an activating group) is 1. The summed E-state index contributed by atoms with van der Waals surface area (Å²) in [6.07, 6.45) is 3.50. The van der Waals surface area contributed by atoms with E-state index in [1.54, 1.807) is 32.3 Å². The van der Waals surface area contributed by atoms with Gasteiger partial charge in [0.2, 0.25) is 11.8 Å². The number of hydrogen-bond donors (Lipinski definition) is 2. The summed E-state index contributed by atoms with van der Waals surface area (Å²) >= 11 is 0. The van der Waals surface area contributed by atoms with Gasteiger partial charge in [0.25, 0.3) is 0 Å². The average molecular weight is 261 g/mol. The molecule has 2 amide bonds. The zero-order valence-corrected chi connectivity index (χ0v) is 11.2. The number of nitrogens with two attached hydrogens (primary N) is 1. The van der Waals surface area contributed by atoms with Crippen molar-refractivity contribution in [2.24, 2.45) is 0 Å². The van der Waals surface area contributed by atoms with Crippen LogP contribution in [0.3, 0.4) is 0 Å². The minimum Gasteiger partial charge on any atom is -0.399 e. The zero-order chi connectivity index (χ0) is 14.3. The van der Waals surface area contributed by atoms with E-state index in [0.29, 0.717) is 18.7 Å². The fraction of sp³-hybridized carbons (Fsp3) is 0.286. The third-order valence-corrected chi connectivity index (χ3v) is 2.68. The molecule has 0 aliphatic carbocycles. The fourth-order valence-corrected chi connectivity index (χ4v) is 1.41. The van der Waals surface area contributed by atoms with Gasteiger partial charge in [-0.1, -0.05) is 12.1 Å². The van der Waals surface area contributed by atoms with E-state index in [1.807, 2.05) is 12.1 Å². The number of benzene rings is 1. The summed E-state index contributed by atoms with van der Waals surface area (Å²) in [5.74, 6) is -0.220. The Balaban J connectivity index is 2.49. The van der Waals surface area contributed by atoms with Crippen molar-refractivity contribution in [3.8, 4) is 0 Å². The molecule has 102 valence electrons. The van der Waals surface area contributed by atoms with E-state index in [-0.39, 0.29) is 11.8 Å². The molecule has 3 N–H and O–H groups in total. The average Bonchev–Trinajstić information content (AvgIpc) is 2.43. The van der Waals surface area contributed by atoms with Crippen LogP contribution in [0.1, 0.15) is 12.0 Å². The predicted octanol–water partition coefficient (Wildman–Crippen LogP) is 0.876. The van der Waals surface area contributed by atoms with E-state index in [1.165, 1.54) is 11.0 Å². The van der Waals surface area contributed by atoms with Crippen LogP contribution in [0.5, 0.6) is 0 Å². The van der Waals surface area contributed by atoms with Gasteiger partial charge >= 0.3 is 0 Å². The number of anilines is 1. The molecule has 0 radical (unpaired) electrons. The largest absolute Gasteiger partial charge is 0.399 e. The van der Waals surface area contributed by atoms with Gasteiger partial charge in [-0.2, -0.15) is 0 Å². The Morgan fingerprint density at radius 3 is 2.53 bits per heavy atom. The molecule has 0 aromatic heterocycles. The lowest BCUT2D eigenvalue weighted by atomic mass is 10.2. The van der Waals surface area contributed by atoms with Crippen LogP contribution in [0.2, 0.25) is 0 Å². The van der Waals surface area contributed by atoms with Gasteiger partial charge in [-0.15, -0.1) is 0 Å². The SMILES string of the molecule is CNC(=O)CCN(C)C(=O)/C=C/c1ccc(N)cc1. The summed E-state index contributed by atoms with van der Waals surface area (Å²) in [6.45, 7) is 0.393. The van der Waals surface area contributed by atoms with Crippen molar-refractivity contribution in [1.29, 1.82) is 0 Å². The van der Waals surface area contributed by atoms with Gasteiger partial charge in [0.15, 0.2) is 0 Å². The van der Waals surface area contributed by atoms with Crippen LogP contribution in [-0.4, -0.2) is 37.4 Å². The molecule has 0 atom stereocenters. The minimum atomic E-state index is -0.138. The number of nitrogens with zero attached hydrogens (tertiary/aromatic N) is 1. The quantitative estimate of drug-likeness (QED) is 0.610. The predicted molar refractivity (Wildman–Crippen MR) is 76.2 cm³/mol.